The van der Waals surface area contributed by atoms with E-state index in [-0.39, 0.29) is 17.9 Å². The van der Waals surface area contributed by atoms with Gasteiger partial charge in [0, 0.05) is 18.5 Å². The van der Waals surface area contributed by atoms with Crippen molar-refractivity contribution in [2.24, 2.45) is 0 Å². The molecule has 0 bridgehead atoms. The van der Waals surface area contributed by atoms with Crippen LogP contribution >= 0.6 is 11.6 Å². The van der Waals surface area contributed by atoms with Gasteiger partial charge in [0.05, 0.1) is 44.4 Å². The zero-order chi connectivity index (χ0) is 18.9. The lowest BCUT2D eigenvalue weighted by Crippen LogP contribution is -2.45. The normalized spacial score (nSPS) is 26.0. The van der Waals surface area contributed by atoms with E-state index in [1.54, 1.807) is 0 Å². The van der Waals surface area contributed by atoms with Gasteiger partial charge in [0.25, 0.3) is 10.1 Å². The van der Waals surface area contributed by atoms with Crippen LogP contribution in [0.15, 0.2) is 12.7 Å². The largest absolute Gasteiger partial charge is 0.377 e. The minimum atomic E-state index is -3.51. The van der Waals surface area contributed by atoms with Crippen molar-refractivity contribution in [1.29, 1.82) is 0 Å². The summed E-state index contributed by atoms with van der Waals surface area (Å²) in [5.41, 5.74) is 0.723. The highest BCUT2D eigenvalue weighted by atomic mass is 35.5. The van der Waals surface area contributed by atoms with Crippen LogP contribution in [0.2, 0.25) is 5.28 Å². The van der Waals surface area contributed by atoms with E-state index in [4.69, 9.17) is 25.3 Å². The van der Waals surface area contributed by atoms with E-state index in [0.717, 1.165) is 11.8 Å². The van der Waals surface area contributed by atoms with Gasteiger partial charge in [-0.3, -0.25) is 4.18 Å². The van der Waals surface area contributed by atoms with Crippen LogP contribution in [0.4, 0.5) is 5.82 Å². The molecule has 3 rings (SSSR count). The molecule has 1 fully saturated rings. The van der Waals surface area contributed by atoms with E-state index in [1.807, 2.05) is 13.0 Å². The van der Waals surface area contributed by atoms with Gasteiger partial charge in [0.15, 0.2) is 0 Å². The maximum atomic E-state index is 11.2. The molecule has 0 N–H and O–H groups in total. The van der Waals surface area contributed by atoms with Crippen molar-refractivity contribution >= 4 is 27.5 Å². The Labute approximate surface area is 158 Å². The predicted octanol–water partition coefficient (Wildman–Crippen LogP) is 1.63. The second-order valence-corrected chi connectivity index (χ2v) is 8.49. The summed E-state index contributed by atoms with van der Waals surface area (Å²) in [7, 11) is -3.51. The molecule has 0 aliphatic carbocycles. The zero-order valence-electron chi connectivity index (χ0n) is 14.8. The number of aromatic nitrogens is 2. The predicted molar refractivity (Wildman–Crippen MR) is 96.7 cm³/mol. The second kappa shape index (κ2) is 7.40. The first-order valence-electron chi connectivity index (χ1n) is 8.26. The second-order valence-electron chi connectivity index (χ2n) is 6.51. The van der Waals surface area contributed by atoms with Crippen molar-refractivity contribution in [2.75, 3.05) is 37.5 Å². The summed E-state index contributed by atoms with van der Waals surface area (Å²) in [6.07, 6.45) is 3.16. The summed E-state index contributed by atoms with van der Waals surface area (Å²) >= 11 is 6.18. The quantitative estimate of drug-likeness (QED) is 0.402. The number of ether oxygens (including phenoxy) is 2. The first-order chi connectivity index (χ1) is 12.2. The summed E-state index contributed by atoms with van der Waals surface area (Å²) in [5, 5.41) is 0.119. The molecule has 1 aromatic rings. The van der Waals surface area contributed by atoms with Gasteiger partial charge in [-0.1, -0.05) is 6.08 Å². The first-order valence-corrected chi connectivity index (χ1v) is 10.4. The number of rotatable bonds is 6. The SMILES string of the molecule is C=C[C@H]1COCCN1c1nc(Cl)nc2c1COC2(C)CCOS(C)(=O)=O. The smallest absolute Gasteiger partial charge is 0.264 e. The van der Waals surface area contributed by atoms with Crippen molar-refractivity contribution in [3.05, 3.63) is 29.2 Å². The van der Waals surface area contributed by atoms with Gasteiger partial charge < -0.3 is 14.4 Å². The fraction of sp³-hybridized carbons (Fsp3) is 0.625. The van der Waals surface area contributed by atoms with Crippen molar-refractivity contribution < 1.29 is 22.1 Å². The molecule has 0 spiro atoms. The Hall–Kier alpha value is -1.26. The van der Waals surface area contributed by atoms with Crippen molar-refractivity contribution in [3.63, 3.8) is 0 Å². The third kappa shape index (κ3) is 4.01. The van der Waals surface area contributed by atoms with Crippen LogP contribution in [0.5, 0.6) is 0 Å². The fourth-order valence-corrected chi connectivity index (χ4v) is 3.76. The molecule has 3 heterocycles. The summed E-state index contributed by atoms with van der Waals surface area (Å²) in [6.45, 7) is 7.80. The Morgan fingerprint density at radius 1 is 1.50 bits per heavy atom. The average Bonchev–Trinajstić information content (AvgIpc) is 2.90. The van der Waals surface area contributed by atoms with Gasteiger partial charge in [0.1, 0.15) is 11.4 Å². The molecule has 0 saturated carbocycles. The van der Waals surface area contributed by atoms with Crippen LogP contribution in [0.1, 0.15) is 24.6 Å². The molecule has 10 heteroatoms. The molecule has 26 heavy (non-hydrogen) atoms. The van der Waals surface area contributed by atoms with E-state index < -0.39 is 15.7 Å². The van der Waals surface area contributed by atoms with Crippen molar-refractivity contribution in [3.8, 4) is 0 Å². The molecule has 1 aromatic heterocycles. The van der Waals surface area contributed by atoms with Crippen molar-refractivity contribution in [2.45, 2.75) is 31.6 Å². The third-order valence-corrected chi connectivity index (χ3v) is 5.34. The highest BCUT2D eigenvalue weighted by Gasteiger charge is 2.41. The van der Waals surface area contributed by atoms with Crippen LogP contribution in [0.3, 0.4) is 0 Å². The lowest BCUT2D eigenvalue weighted by Gasteiger charge is -2.35. The van der Waals surface area contributed by atoms with Crippen LogP contribution < -0.4 is 4.90 Å². The number of anilines is 1. The fourth-order valence-electron chi connectivity index (χ4n) is 3.21. The lowest BCUT2D eigenvalue weighted by molar-refractivity contribution is -0.0386. The molecule has 0 aromatic carbocycles. The highest BCUT2D eigenvalue weighted by Crippen LogP contribution is 2.42. The van der Waals surface area contributed by atoms with E-state index in [2.05, 4.69) is 21.4 Å². The summed E-state index contributed by atoms with van der Waals surface area (Å²) in [4.78, 5) is 10.9. The Balaban J connectivity index is 1.91. The van der Waals surface area contributed by atoms with Gasteiger partial charge in [-0.2, -0.15) is 8.42 Å². The summed E-state index contributed by atoms with van der Waals surface area (Å²) in [6, 6.07) is -0.0146. The number of morpholine rings is 1. The maximum Gasteiger partial charge on any atom is 0.264 e. The number of hydrogen-bond acceptors (Lipinski definition) is 8. The van der Waals surface area contributed by atoms with Gasteiger partial charge in [0.2, 0.25) is 5.28 Å². The topological polar surface area (TPSA) is 90.8 Å². The molecule has 144 valence electrons. The van der Waals surface area contributed by atoms with Gasteiger partial charge in [-0.15, -0.1) is 6.58 Å². The van der Waals surface area contributed by atoms with E-state index in [0.29, 0.717) is 44.3 Å². The maximum absolute atomic E-state index is 11.2. The van der Waals surface area contributed by atoms with Crippen LogP contribution in [0, 0.1) is 0 Å². The van der Waals surface area contributed by atoms with E-state index >= 15 is 0 Å². The average molecular weight is 404 g/mol. The zero-order valence-corrected chi connectivity index (χ0v) is 16.3. The van der Waals surface area contributed by atoms with Crippen molar-refractivity contribution in [1.82, 2.24) is 9.97 Å². The van der Waals surface area contributed by atoms with Crippen LogP contribution in [-0.4, -0.2) is 57.0 Å². The molecule has 2 aliphatic heterocycles. The Morgan fingerprint density at radius 2 is 2.27 bits per heavy atom. The van der Waals surface area contributed by atoms with Gasteiger partial charge >= 0.3 is 0 Å². The molecule has 2 atom stereocenters. The Bertz CT molecular complexity index is 803. The first kappa shape index (κ1) is 19.5. The van der Waals surface area contributed by atoms with E-state index in [9.17, 15) is 8.42 Å². The molecule has 2 aliphatic rings. The Morgan fingerprint density at radius 3 is 2.96 bits per heavy atom. The molecule has 1 unspecified atom stereocenters. The monoisotopic (exact) mass is 403 g/mol. The van der Waals surface area contributed by atoms with Crippen LogP contribution in [0.25, 0.3) is 0 Å². The van der Waals surface area contributed by atoms with Gasteiger partial charge in [-0.05, 0) is 18.5 Å². The third-order valence-electron chi connectivity index (χ3n) is 4.58. The standard InChI is InChI=1S/C16H22ClN3O5S/c1-4-11-9-23-8-6-20(11)14-12-10-24-16(2,5-7-25-26(3,21)22)13(12)18-15(17)19-14/h4,11H,1,5-10H2,2-3H3/t11-,16?/m0/s1. The molecule has 1 saturated heterocycles. The number of fused-ring (bicyclic) bond motifs is 1. The highest BCUT2D eigenvalue weighted by molar-refractivity contribution is 7.85. The number of halogens is 1. The number of nitrogens with zero attached hydrogens (tertiary/aromatic N) is 3. The summed E-state index contributed by atoms with van der Waals surface area (Å²) < 4.78 is 38.7. The molecule has 8 nitrogen and oxygen atoms in total. The molecule has 0 radical (unpaired) electrons. The molecule has 0 amide bonds. The van der Waals surface area contributed by atoms with E-state index in [1.165, 1.54) is 0 Å². The molecular weight excluding hydrogens is 382 g/mol. The lowest BCUT2D eigenvalue weighted by atomic mass is 9.96. The minimum absolute atomic E-state index is 0.00142. The molecular formula is C16H22ClN3O5S. The van der Waals surface area contributed by atoms with Gasteiger partial charge in [-0.25, -0.2) is 9.97 Å². The minimum Gasteiger partial charge on any atom is -0.377 e. The summed E-state index contributed by atoms with van der Waals surface area (Å²) in [5.74, 6) is 0.709. The Kier molecular flexibility index (Phi) is 5.55. The number of hydrogen-bond donors (Lipinski definition) is 0. The van der Waals surface area contributed by atoms with Crippen LogP contribution in [-0.2, 0) is 36.0 Å².